The van der Waals surface area contributed by atoms with E-state index in [-0.39, 0.29) is 22.8 Å². The highest BCUT2D eigenvalue weighted by atomic mass is 32.1. The first-order valence-electron chi connectivity index (χ1n) is 11.4. The minimum absolute atomic E-state index is 0.0879. The van der Waals surface area contributed by atoms with Crippen LogP contribution < -0.4 is 14.4 Å². The fourth-order valence-electron chi connectivity index (χ4n) is 4.58. The summed E-state index contributed by atoms with van der Waals surface area (Å²) in [7, 11) is 2.94. The molecule has 9 heteroatoms. The van der Waals surface area contributed by atoms with Crippen LogP contribution in [0.4, 0.5) is 5.13 Å². The molecule has 1 aliphatic rings. The molecule has 0 aliphatic carbocycles. The number of benzene rings is 3. The van der Waals surface area contributed by atoms with Gasteiger partial charge < -0.3 is 19.7 Å². The highest BCUT2D eigenvalue weighted by Gasteiger charge is 2.48. The number of phenols is 1. The monoisotopic (exact) mass is 516 g/mol. The summed E-state index contributed by atoms with van der Waals surface area (Å²) in [6.45, 7) is 3.93. The molecule has 0 radical (unpaired) electrons. The predicted octanol–water partition coefficient (Wildman–Crippen LogP) is 5.26. The zero-order valence-electron chi connectivity index (χ0n) is 20.6. The van der Waals surface area contributed by atoms with Crippen LogP contribution in [-0.4, -0.2) is 41.1 Å². The Hall–Kier alpha value is -4.37. The van der Waals surface area contributed by atoms with E-state index in [9.17, 15) is 19.8 Å². The number of aliphatic hydroxyl groups excluding tert-OH is 1. The van der Waals surface area contributed by atoms with Crippen molar-refractivity contribution in [3.05, 3.63) is 82.4 Å². The van der Waals surface area contributed by atoms with Crippen LogP contribution in [0.3, 0.4) is 0 Å². The SMILES string of the molecule is COc1ccc(C(O)=C2C(=O)C(=O)N(c3nc4c(C)cc(C)cc4s3)C2c2ccc(O)c(OC)c2)cc1. The molecule has 0 saturated carbocycles. The van der Waals surface area contributed by atoms with Crippen molar-refractivity contribution in [2.75, 3.05) is 19.1 Å². The molecule has 1 aromatic heterocycles. The zero-order chi connectivity index (χ0) is 26.4. The maximum absolute atomic E-state index is 13.5. The summed E-state index contributed by atoms with van der Waals surface area (Å²) in [4.78, 5) is 32.9. The van der Waals surface area contributed by atoms with Gasteiger partial charge in [-0.05, 0) is 73.0 Å². The molecular weight excluding hydrogens is 492 g/mol. The Morgan fingerprint density at radius 1 is 1.00 bits per heavy atom. The molecule has 1 amide bonds. The lowest BCUT2D eigenvalue weighted by Crippen LogP contribution is -2.29. The van der Waals surface area contributed by atoms with E-state index in [0.29, 0.717) is 22.0 Å². The van der Waals surface area contributed by atoms with Crippen molar-refractivity contribution >= 4 is 44.1 Å². The Morgan fingerprint density at radius 2 is 1.73 bits per heavy atom. The van der Waals surface area contributed by atoms with Gasteiger partial charge in [0.1, 0.15) is 11.5 Å². The minimum Gasteiger partial charge on any atom is -0.507 e. The Labute approximate surface area is 217 Å². The lowest BCUT2D eigenvalue weighted by atomic mass is 9.95. The largest absolute Gasteiger partial charge is 0.507 e. The number of hydrogen-bond donors (Lipinski definition) is 2. The molecule has 1 saturated heterocycles. The number of methoxy groups -OCH3 is 2. The van der Waals surface area contributed by atoms with Gasteiger partial charge in [-0.25, -0.2) is 4.98 Å². The summed E-state index contributed by atoms with van der Waals surface area (Å²) >= 11 is 1.30. The molecule has 3 aromatic carbocycles. The van der Waals surface area contributed by atoms with E-state index in [1.807, 2.05) is 26.0 Å². The molecule has 37 heavy (non-hydrogen) atoms. The number of phenolic OH excluding ortho intramolecular Hbond substituents is 1. The van der Waals surface area contributed by atoms with E-state index in [2.05, 4.69) is 0 Å². The number of fused-ring (bicyclic) bond motifs is 1. The lowest BCUT2D eigenvalue weighted by molar-refractivity contribution is -0.132. The van der Waals surface area contributed by atoms with Crippen LogP contribution in [0.2, 0.25) is 0 Å². The number of thiazole rings is 1. The second kappa shape index (κ2) is 9.25. The van der Waals surface area contributed by atoms with Gasteiger partial charge in [0.15, 0.2) is 16.6 Å². The van der Waals surface area contributed by atoms with Crippen LogP contribution >= 0.6 is 11.3 Å². The second-order valence-corrected chi connectivity index (χ2v) is 9.76. The lowest BCUT2D eigenvalue weighted by Gasteiger charge is -2.23. The molecule has 2 N–H and O–H groups in total. The minimum atomic E-state index is -1.00. The first-order valence-corrected chi connectivity index (χ1v) is 12.2. The number of hydrogen-bond acceptors (Lipinski definition) is 8. The van der Waals surface area contributed by atoms with Gasteiger partial charge in [-0.3, -0.25) is 14.5 Å². The average molecular weight is 517 g/mol. The molecule has 1 unspecified atom stereocenters. The molecule has 188 valence electrons. The number of rotatable bonds is 5. The topological polar surface area (TPSA) is 109 Å². The van der Waals surface area contributed by atoms with Gasteiger partial charge in [-0.1, -0.05) is 23.5 Å². The maximum atomic E-state index is 13.5. The number of anilines is 1. The molecule has 8 nitrogen and oxygen atoms in total. The quantitative estimate of drug-likeness (QED) is 0.211. The molecule has 1 aliphatic heterocycles. The van der Waals surface area contributed by atoms with E-state index in [1.165, 1.54) is 36.5 Å². The number of aromatic hydroxyl groups is 1. The fraction of sp³-hybridized carbons (Fsp3) is 0.179. The number of amides is 1. The van der Waals surface area contributed by atoms with Gasteiger partial charge in [0.2, 0.25) is 0 Å². The van der Waals surface area contributed by atoms with Crippen molar-refractivity contribution in [2.45, 2.75) is 19.9 Å². The van der Waals surface area contributed by atoms with Crippen LogP contribution in [-0.2, 0) is 9.59 Å². The average Bonchev–Trinajstić information content (AvgIpc) is 3.42. The number of aromatic nitrogens is 1. The van der Waals surface area contributed by atoms with Gasteiger partial charge in [0, 0.05) is 5.56 Å². The first kappa shape index (κ1) is 24.3. The van der Waals surface area contributed by atoms with Gasteiger partial charge in [0.05, 0.1) is 36.1 Å². The highest BCUT2D eigenvalue weighted by Crippen LogP contribution is 2.46. The zero-order valence-corrected chi connectivity index (χ0v) is 21.4. The Balaban J connectivity index is 1.75. The summed E-state index contributed by atoms with van der Waals surface area (Å²) in [5.74, 6) is -1.31. The van der Waals surface area contributed by atoms with Crippen molar-refractivity contribution in [3.63, 3.8) is 0 Å². The first-order chi connectivity index (χ1) is 17.7. The number of carbonyl (C=O) groups is 2. The van der Waals surface area contributed by atoms with Crippen LogP contribution in [0.15, 0.2) is 60.2 Å². The van der Waals surface area contributed by atoms with Crippen molar-refractivity contribution in [3.8, 4) is 17.2 Å². The van der Waals surface area contributed by atoms with E-state index < -0.39 is 17.7 Å². The fourth-order valence-corrected chi connectivity index (χ4v) is 5.74. The number of carbonyl (C=O) groups excluding carboxylic acids is 2. The third-order valence-electron chi connectivity index (χ3n) is 6.35. The van der Waals surface area contributed by atoms with Crippen LogP contribution in [0.1, 0.15) is 28.3 Å². The Morgan fingerprint density at radius 3 is 2.41 bits per heavy atom. The number of ketones is 1. The van der Waals surface area contributed by atoms with Crippen molar-refractivity contribution in [2.24, 2.45) is 0 Å². The maximum Gasteiger partial charge on any atom is 0.301 e. The number of aryl methyl sites for hydroxylation is 2. The number of Topliss-reactive ketones (excluding diaryl/α,β-unsaturated/α-hetero) is 1. The van der Waals surface area contributed by atoms with Gasteiger partial charge in [0.25, 0.3) is 5.78 Å². The number of nitrogens with zero attached hydrogens (tertiary/aromatic N) is 2. The molecule has 1 atom stereocenters. The molecule has 1 fully saturated rings. The standard InChI is InChI=1S/C28H24N2O6S/c1-14-11-15(2)23-21(12-14)37-28(29-23)30-24(17-7-10-19(31)20(13-17)36-4)22(26(33)27(30)34)25(32)16-5-8-18(35-3)9-6-16/h5-13,24,31-32H,1-4H3. The van der Waals surface area contributed by atoms with E-state index in [0.717, 1.165) is 21.3 Å². The third kappa shape index (κ3) is 4.07. The summed E-state index contributed by atoms with van der Waals surface area (Å²) in [6, 6.07) is 14.1. The number of aliphatic hydroxyl groups is 1. The summed E-state index contributed by atoms with van der Waals surface area (Å²) in [5, 5.41) is 21.8. The molecule has 5 rings (SSSR count). The summed E-state index contributed by atoms with van der Waals surface area (Å²) in [5.41, 5.74) is 3.48. The molecule has 0 spiro atoms. The van der Waals surface area contributed by atoms with Gasteiger partial charge >= 0.3 is 5.91 Å². The molecular formula is C28H24N2O6S. The molecule has 0 bridgehead atoms. The van der Waals surface area contributed by atoms with E-state index in [1.54, 1.807) is 36.4 Å². The third-order valence-corrected chi connectivity index (χ3v) is 7.35. The Kier molecular flexibility index (Phi) is 6.08. The van der Waals surface area contributed by atoms with Gasteiger partial charge in [-0.2, -0.15) is 0 Å². The number of ether oxygens (including phenoxy) is 2. The summed E-state index contributed by atoms with van der Waals surface area (Å²) < 4.78 is 11.3. The van der Waals surface area contributed by atoms with E-state index in [4.69, 9.17) is 14.5 Å². The van der Waals surface area contributed by atoms with Crippen molar-refractivity contribution in [1.82, 2.24) is 4.98 Å². The molecule has 2 heterocycles. The van der Waals surface area contributed by atoms with E-state index >= 15 is 0 Å². The predicted molar refractivity (Wildman–Crippen MR) is 142 cm³/mol. The van der Waals surface area contributed by atoms with Crippen molar-refractivity contribution in [1.29, 1.82) is 0 Å². The van der Waals surface area contributed by atoms with Crippen LogP contribution in [0.25, 0.3) is 16.0 Å². The Bertz CT molecular complexity index is 1590. The summed E-state index contributed by atoms with van der Waals surface area (Å²) in [6.07, 6.45) is 0. The second-order valence-electron chi connectivity index (χ2n) is 8.75. The van der Waals surface area contributed by atoms with Crippen LogP contribution in [0, 0.1) is 13.8 Å². The molecule has 4 aromatic rings. The van der Waals surface area contributed by atoms with Crippen molar-refractivity contribution < 1.29 is 29.3 Å². The smallest absolute Gasteiger partial charge is 0.301 e. The van der Waals surface area contributed by atoms with Crippen LogP contribution in [0.5, 0.6) is 17.2 Å². The normalized spacial score (nSPS) is 17.0. The van der Waals surface area contributed by atoms with Gasteiger partial charge in [-0.15, -0.1) is 0 Å². The highest BCUT2D eigenvalue weighted by molar-refractivity contribution is 7.22.